The van der Waals surface area contributed by atoms with Crippen LogP contribution in [0.3, 0.4) is 0 Å². The molecular formula is C11H21N5. The molecule has 2 heterocycles. The zero-order chi connectivity index (χ0) is 11.2. The van der Waals surface area contributed by atoms with Gasteiger partial charge in [0, 0.05) is 58.8 Å². The molecule has 0 saturated carbocycles. The van der Waals surface area contributed by atoms with Gasteiger partial charge in [-0.05, 0) is 0 Å². The first-order valence-electron chi connectivity index (χ1n) is 6.18. The molecule has 5 heteroatoms. The lowest BCUT2D eigenvalue weighted by molar-refractivity contribution is 0.0183. The van der Waals surface area contributed by atoms with E-state index in [0.717, 1.165) is 52.4 Å². The summed E-state index contributed by atoms with van der Waals surface area (Å²) in [5.41, 5.74) is 0. The van der Waals surface area contributed by atoms with E-state index in [2.05, 4.69) is 26.5 Å². The van der Waals surface area contributed by atoms with Crippen LogP contribution in [0.15, 0.2) is 0 Å². The molecule has 0 aromatic rings. The van der Waals surface area contributed by atoms with Crippen LogP contribution in [-0.2, 0) is 0 Å². The third kappa shape index (κ3) is 2.92. The lowest BCUT2D eigenvalue weighted by atomic mass is 10.2. The van der Waals surface area contributed by atoms with Crippen LogP contribution in [0.2, 0.25) is 0 Å². The molecular weight excluding hydrogens is 202 g/mol. The van der Waals surface area contributed by atoms with Crippen LogP contribution in [0.4, 0.5) is 0 Å². The first-order chi connectivity index (χ1) is 7.92. The Balaban J connectivity index is 1.89. The van der Waals surface area contributed by atoms with Crippen LogP contribution < -0.4 is 10.6 Å². The van der Waals surface area contributed by atoms with Crippen molar-refractivity contribution in [3.63, 3.8) is 0 Å². The number of hydrogen-bond acceptors (Lipinski definition) is 5. The molecule has 0 aromatic carbocycles. The van der Waals surface area contributed by atoms with Gasteiger partial charge >= 0.3 is 0 Å². The van der Waals surface area contributed by atoms with Gasteiger partial charge in [-0.2, -0.15) is 5.26 Å². The van der Waals surface area contributed by atoms with Gasteiger partial charge in [-0.1, -0.05) is 0 Å². The first-order valence-corrected chi connectivity index (χ1v) is 6.18. The Bertz CT molecular complexity index is 243. The van der Waals surface area contributed by atoms with E-state index in [9.17, 15) is 0 Å². The summed E-state index contributed by atoms with van der Waals surface area (Å²) in [6.45, 7) is 8.47. The molecule has 2 fully saturated rings. The molecule has 0 aromatic heterocycles. The van der Waals surface area contributed by atoms with Crippen molar-refractivity contribution in [3.8, 4) is 6.07 Å². The van der Waals surface area contributed by atoms with E-state index >= 15 is 0 Å². The van der Waals surface area contributed by atoms with E-state index < -0.39 is 0 Å². The number of nitrogens with zero attached hydrogens (tertiary/aromatic N) is 3. The fraction of sp³-hybridized carbons (Fsp3) is 0.909. The second-order valence-corrected chi connectivity index (χ2v) is 4.41. The quantitative estimate of drug-likeness (QED) is 0.645. The summed E-state index contributed by atoms with van der Waals surface area (Å²) in [4.78, 5) is 4.98. The Morgan fingerprint density at radius 3 is 2.62 bits per heavy atom. The molecule has 0 bridgehead atoms. The summed E-state index contributed by atoms with van der Waals surface area (Å²) < 4.78 is 0. The summed E-state index contributed by atoms with van der Waals surface area (Å²) in [6.07, 6.45) is 1.13. The summed E-state index contributed by atoms with van der Waals surface area (Å²) in [5, 5.41) is 15.5. The number of nitrogens with one attached hydrogen (secondary N) is 2. The Morgan fingerprint density at radius 2 is 1.88 bits per heavy atom. The highest BCUT2D eigenvalue weighted by Gasteiger charge is 2.27. The van der Waals surface area contributed by atoms with Gasteiger partial charge < -0.3 is 10.6 Å². The van der Waals surface area contributed by atoms with E-state index in [4.69, 9.17) is 5.26 Å². The zero-order valence-electron chi connectivity index (χ0n) is 9.78. The molecule has 0 radical (unpaired) electrons. The molecule has 2 aliphatic rings. The largest absolute Gasteiger partial charge is 0.314 e. The first kappa shape index (κ1) is 11.8. The predicted octanol–water partition coefficient (Wildman–Crippen LogP) is -0.963. The highest BCUT2D eigenvalue weighted by atomic mass is 15.4. The second kappa shape index (κ2) is 6.16. The Labute approximate surface area is 97.4 Å². The molecule has 5 nitrogen and oxygen atoms in total. The molecule has 2 rings (SSSR count). The molecule has 90 valence electrons. The van der Waals surface area contributed by atoms with Crippen molar-refractivity contribution in [2.24, 2.45) is 0 Å². The van der Waals surface area contributed by atoms with Gasteiger partial charge in [0.25, 0.3) is 0 Å². The molecule has 0 spiro atoms. The highest BCUT2D eigenvalue weighted by Crippen LogP contribution is 2.10. The van der Waals surface area contributed by atoms with Crippen molar-refractivity contribution in [3.05, 3.63) is 0 Å². The summed E-state index contributed by atoms with van der Waals surface area (Å²) in [6, 6.07) is 2.25. The maximum atomic E-state index is 8.68. The Kier molecular flexibility index (Phi) is 4.55. The monoisotopic (exact) mass is 223 g/mol. The van der Waals surface area contributed by atoms with Crippen molar-refractivity contribution in [1.82, 2.24) is 20.4 Å². The fourth-order valence-electron chi connectivity index (χ4n) is 2.53. The molecule has 2 saturated heterocycles. The standard InChI is InChI=1S/C11H21N5/c12-2-1-6-15-9-5-14-10-11(15)16-7-3-13-4-8-16/h11,13-14H,1,3-10H2. The third-order valence-corrected chi connectivity index (χ3v) is 3.41. The second-order valence-electron chi connectivity index (χ2n) is 4.41. The van der Waals surface area contributed by atoms with E-state index in [1.165, 1.54) is 0 Å². The number of rotatable bonds is 3. The molecule has 1 atom stereocenters. The van der Waals surface area contributed by atoms with Crippen molar-refractivity contribution >= 4 is 0 Å². The normalized spacial score (nSPS) is 28.8. The maximum Gasteiger partial charge on any atom is 0.0752 e. The van der Waals surface area contributed by atoms with E-state index in [1.54, 1.807) is 0 Å². The minimum atomic E-state index is 0.490. The van der Waals surface area contributed by atoms with Crippen molar-refractivity contribution in [1.29, 1.82) is 5.26 Å². The predicted molar refractivity (Wildman–Crippen MR) is 62.9 cm³/mol. The summed E-state index contributed by atoms with van der Waals surface area (Å²) >= 11 is 0. The SMILES string of the molecule is N#CCCN1CCNCC1N1CCNCC1. The smallest absolute Gasteiger partial charge is 0.0752 e. The van der Waals surface area contributed by atoms with E-state index in [1.807, 2.05) is 0 Å². The maximum absolute atomic E-state index is 8.68. The van der Waals surface area contributed by atoms with Gasteiger partial charge in [0.2, 0.25) is 0 Å². The van der Waals surface area contributed by atoms with Gasteiger partial charge in [0.1, 0.15) is 0 Å². The lowest BCUT2D eigenvalue weighted by Gasteiger charge is -2.44. The molecule has 0 aliphatic carbocycles. The van der Waals surface area contributed by atoms with E-state index in [0.29, 0.717) is 12.6 Å². The van der Waals surface area contributed by atoms with Gasteiger partial charge in [-0.25, -0.2) is 0 Å². The van der Waals surface area contributed by atoms with Crippen LogP contribution in [0, 0.1) is 11.3 Å². The molecule has 16 heavy (non-hydrogen) atoms. The third-order valence-electron chi connectivity index (χ3n) is 3.41. The van der Waals surface area contributed by atoms with Crippen molar-refractivity contribution in [2.75, 3.05) is 52.4 Å². The van der Waals surface area contributed by atoms with Crippen molar-refractivity contribution < 1.29 is 0 Å². The molecule has 2 aliphatic heterocycles. The summed E-state index contributed by atoms with van der Waals surface area (Å²) in [5.74, 6) is 0. The van der Waals surface area contributed by atoms with Crippen molar-refractivity contribution in [2.45, 2.75) is 12.6 Å². The molecule has 1 unspecified atom stereocenters. The molecule has 2 N–H and O–H groups in total. The lowest BCUT2D eigenvalue weighted by Crippen LogP contribution is -2.62. The van der Waals surface area contributed by atoms with Gasteiger partial charge in [0.05, 0.1) is 12.2 Å². The van der Waals surface area contributed by atoms with Crippen LogP contribution in [0.25, 0.3) is 0 Å². The van der Waals surface area contributed by atoms with Crippen LogP contribution in [0.5, 0.6) is 0 Å². The minimum Gasteiger partial charge on any atom is -0.314 e. The summed E-state index contributed by atoms with van der Waals surface area (Å²) in [7, 11) is 0. The van der Waals surface area contributed by atoms with Crippen LogP contribution >= 0.6 is 0 Å². The zero-order valence-corrected chi connectivity index (χ0v) is 9.78. The topological polar surface area (TPSA) is 54.3 Å². The number of hydrogen-bond donors (Lipinski definition) is 2. The van der Waals surface area contributed by atoms with Crippen LogP contribution in [-0.4, -0.2) is 68.3 Å². The van der Waals surface area contributed by atoms with E-state index in [-0.39, 0.29) is 0 Å². The van der Waals surface area contributed by atoms with Crippen LogP contribution in [0.1, 0.15) is 6.42 Å². The average Bonchev–Trinajstić information content (AvgIpc) is 2.38. The molecule has 0 amide bonds. The van der Waals surface area contributed by atoms with Gasteiger partial charge in [-0.3, -0.25) is 9.80 Å². The highest BCUT2D eigenvalue weighted by molar-refractivity contribution is 4.85. The van der Waals surface area contributed by atoms with Gasteiger partial charge in [-0.15, -0.1) is 0 Å². The van der Waals surface area contributed by atoms with Gasteiger partial charge in [0.15, 0.2) is 0 Å². The number of nitriles is 1. The minimum absolute atomic E-state index is 0.490. The average molecular weight is 223 g/mol. The Hall–Kier alpha value is -0.670. The number of piperazine rings is 2. The Morgan fingerprint density at radius 1 is 1.12 bits per heavy atom. The fourth-order valence-corrected chi connectivity index (χ4v) is 2.53.